The summed E-state index contributed by atoms with van der Waals surface area (Å²) in [7, 11) is 0. The number of hydrogen-bond acceptors (Lipinski definition) is 10. The molecule has 2 atom stereocenters. The molecule has 6 fully saturated rings. The first kappa shape index (κ1) is 53.2. The molecule has 76 heavy (non-hydrogen) atoms. The number of carbonyl (C=O) groups is 5. The first-order chi connectivity index (χ1) is 36.8. The molecule has 19 heteroatoms. The molecule has 2 aliphatic carbocycles. The molecule has 406 valence electrons. The summed E-state index contributed by atoms with van der Waals surface area (Å²) in [5.41, 5.74) is 0.882. The summed E-state index contributed by atoms with van der Waals surface area (Å²) in [5.74, 6) is -3.76. The molecule has 10 rings (SSSR count). The van der Waals surface area contributed by atoms with Crippen LogP contribution in [0.15, 0.2) is 59.4 Å². The lowest BCUT2D eigenvalue weighted by Crippen LogP contribution is -2.57. The first-order valence-corrected chi connectivity index (χ1v) is 27.7. The van der Waals surface area contributed by atoms with Gasteiger partial charge in [-0.25, -0.2) is 18.3 Å². The molecule has 5 amide bonds. The molecule has 0 bridgehead atoms. The second-order valence-electron chi connectivity index (χ2n) is 22.1. The number of halogens is 3. The summed E-state index contributed by atoms with van der Waals surface area (Å²) in [4.78, 5) is 92.3. The average Bonchev–Trinajstić information content (AvgIpc) is 4.29. The van der Waals surface area contributed by atoms with E-state index in [0.717, 1.165) is 83.5 Å². The number of H-pyrrole nitrogens is 1. The largest absolute Gasteiger partial charge is 0.341 e. The van der Waals surface area contributed by atoms with Crippen molar-refractivity contribution in [2.75, 3.05) is 98.2 Å². The Bertz CT molecular complexity index is 2830. The van der Waals surface area contributed by atoms with Gasteiger partial charge in [-0.3, -0.25) is 38.6 Å². The molecule has 4 aromatic rings. The quantitative estimate of drug-likeness (QED) is 0.149. The Morgan fingerprint density at radius 3 is 2.09 bits per heavy atom. The number of nitrogens with zero attached hydrogens (tertiary/aromatic N) is 7. The van der Waals surface area contributed by atoms with Crippen molar-refractivity contribution in [2.45, 2.75) is 95.1 Å². The number of aromatic nitrogens is 2. The minimum atomic E-state index is -0.978. The normalized spacial score (nSPS) is 21.0. The fourth-order valence-corrected chi connectivity index (χ4v) is 12.2. The van der Waals surface area contributed by atoms with Gasteiger partial charge in [0.25, 0.3) is 17.4 Å². The van der Waals surface area contributed by atoms with E-state index >= 15 is 13.2 Å². The van der Waals surface area contributed by atoms with Gasteiger partial charge in [0.1, 0.15) is 23.5 Å². The third kappa shape index (κ3) is 12.6. The molecule has 1 aromatic heterocycles. The number of likely N-dealkylation sites (tertiary alicyclic amines) is 2. The molecular weight excluding hydrogens is 978 g/mol. The van der Waals surface area contributed by atoms with Crippen LogP contribution in [-0.4, -0.2) is 179 Å². The van der Waals surface area contributed by atoms with Gasteiger partial charge in [-0.15, -0.1) is 0 Å². The maximum absolute atomic E-state index is 15.5. The van der Waals surface area contributed by atoms with Gasteiger partial charge in [0.15, 0.2) is 0 Å². The highest BCUT2D eigenvalue weighted by molar-refractivity contribution is 5.98. The van der Waals surface area contributed by atoms with Crippen molar-refractivity contribution in [1.82, 2.24) is 50.2 Å². The average molecular weight is 1050 g/mol. The molecule has 4 saturated heterocycles. The van der Waals surface area contributed by atoms with E-state index in [4.69, 9.17) is 0 Å². The Hall–Kier alpha value is -6.18. The number of aromatic amines is 1. The predicted octanol–water partition coefficient (Wildman–Crippen LogP) is 4.91. The number of nitrogens with one attached hydrogen (secondary N) is 3. The number of fused-ring (bicyclic) bond motifs is 1. The summed E-state index contributed by atoms with van der Waals surface area (Å²) in [6, 6.07) is 13.2. The van der Waals surface area contributed by atoms with E-state index in [1.807, 2.05) is 17.0 Å². The van der Waals surface area contributed by atoms with Gasteiger partial charge in [-0.1, -0.05) is 43.5 Å². The summed E-state index contributed by atoms with van der Waals surface area (Å²) >= 11 is 0. The zero-order chi connectivity index (χ0) is 52.9. The van der Waals surface area contributed by atoms with Gasteiger partial charge in [-0.05, 0) is 112 Å². The van der Waals surface area contributed by atoms with Gasteiger partial charge < -0.3 is 30.2 Å². The molecular formula is C57H71F3N10O6. The van der Waals surface area contributed by atoms with Crippen LogP contribution in [0.4, 0.5) is 13.2 Å². The number of hydrogen-bond donors (Lipinski definition) is 3. The van der Waals surface area contributed by atoms with Crippen molar-refractivity contribution in [3.05, 3.63) is 110 Å². The zero-order valence-electron chi connectivity index (χ0n) is 43.4. The van der Waals surface area contributed by atoms with E-state index in [0.29, 0.717) is 112 Å². The van der Waals surface area contributed by atoms with Crippen LogP contribution in [0.2, 0.25) is 0 Å². The van der Waals surface area contributed by atoms with E-state index in [9.17, 15) is 28.8 Å². The lowest BCUT2D eigenvalue weighted by molar-refractivity contribution is -0.137. The fourth-order valence-electron chi connectivity index (χ4n) is 12.2. The van der Waals surface area contributed by atoms with Crippen LogP contribution in [0.5, 0.6) is 0 Å². The standard InChI is InChI=1S/C57H71F3N10O6/c58-47-15-12-38(30-50-42-10-4-5-11-43(42)55(74)64-63-50)29-46(47)56(75)68-27-25-67(26-28-68)52(72)36-65-19-16-37(17-20-65)34-66-21-23-69(24-22-66)57(76)53(39-7-2-1-3-8-39)62-54(73)45-31-44(48(59)32-49(45)60)40-9-6-18-70(35-40)51(71)33-61-41-13-14-41/h4-5,10-12,15,29,31-32,37,39-41,53,61H,1-3,6-9,13-14,16-28,30,33-36H2,(H,62,73)(H,64,74)/t40?,53-/m1/s1. The van der Waals surface area contributed by atoms with Crippen LogP contribution in [0.3, 0.4) is 0 Å². The maximum Gasteiger partial charge on any atom is 0.272 e. The molecule has 2 saturated carbocycles. The predicted molar refractivity (Wildman–Crippen MR) is 280 cm³/mol. The zero-order valence-corrected chi connectivity index (χ0v) is 43.4. The number of amides is 5. The molecule has 0 spiro atoms. The molecule has 5 heterocycles. The molecule has 3 N–H and O–H groups in total. The van der Waals surface area contributed by atoms with Crippen LogP contribution in [-0.2, 0) is 20.8 Å². The monoisotopic (exact) mass is 1050 g/mol. The van der Waals surface area contributed by atoms with E-state index in [-0.39, 0.29) is 71.4 Å². The van der Waals surface area contributed by atoms with Crippen LogP contribution in [0.1, 0.15) is 114 Å². The van der Waals surface area contributed by atoms with Crippen molar-refractivity contribution in [2.24, 2.45) is 11.8 Å². The molecule has 6 aliphatic rings. The minimum Gasteiger partial charge on any atom is -0.341 e. The highest BCUT2D eigenvalue weighted by atomic mass is 19.1. The second-order valence-corrected chi connectivity index (χ2v) is 22.1. The van der Waals surface area contributed by atoms with Crippen molar-refractivity contribution < 1.29 is 37.1 Å². The van der Waals surface area contributed by atoms with Gasteiger partial charge in [0.05, 0.1) is 35.3 Å². The van der Waals surface area contributed by atoms with E-state index in [1.54, 1.807) is 39.0 Å². The highest BCUT2D eigenvalue weighted by Crippen LogP contribution is 2.33. The van der Waals surface area contributed by atoms with Crippen molar-refractivity contribution in [3.63, 3.8) is 0 Å². The Morgan fingerprint density at radius 1 is 0.645 bits per heavy atom. The Labute approximate surface area is 441 Å². The van der Waals surface area contributed by atoms with Crippen LogP contribution >= 0.6 is 0 Å². The first-order valence-electron chi connectivity index (χ1n) is 27.7. The Balaban J connectivity index is 0.667. The second kappa shape index (κ2) is 24.0. The van der Waals surface area contributed by atoms with Crippen LogP contribution in [0, 0.1) is 29.3 Å². The Kier molecular flexibility index (Phi) is 16.8. The van der Waals surface area contributed by atoms with Gasteiger partial charge in [0, 0.05) is 102 Å². The lowest BCUT2D eigenvalue weighted by atomic mass is 9.83. The molecule has 16 nitrogen and oxygen atoms in total. The number of benzene rings is 3. The number of rotatable bonds is 15. The minimum absolute atomic E-state index is 0.00707. The van der Waals surface area contributed by atoms with Crippen molar-refractivity contribution in [3.8, 4) is 0 Å². The topological polar surface area (TPSA) is 175 Å². The SMILES string of the molecule is O=C(N[C@@H](C(=O)N1CCN(CC2CCN(CC(=O)N3CCN(C(=O)c4cc(Cc5n[nH]c(=O)c6ccccc56)ccc4F)CC3)CC2)CC1)C1CCCCC1)c1cc(C2CCCN(C(=O)CNC3CC3)C2)c(F)cc1F. The Morgan fingerprint density at radius 2 is 1.36 bits per heavy atom. The number of piperidine rings is 2. The van der Waals surface area contributed by atoms with Gasteiger partial charge >= 0.3 is 0 Å². The van der Waals surface area contributed by atoms with Crippen molar-refractivity contribution in [1.29, 1.82) is 0 Å². The molecule has 1 unspecified atom stereocenters. The molecule has 3 aromatic carbocycles. The third-order valence-electron chi connectivity index (χ3n) is 16.9. The van der Waals surface area contributed by atoms with Gasteiger partial charge in [0.2, 0.25) is 17.7 Å². The van der Waals surface area contributed by atoms with E-state index in [2.05, 4.69) is 30.6 Å². The summed E-state index contributed by atoms with van der Waals surface area (Å²) in [5, 5.41) is 14.1. The number of carbonyl (C=O) groups excluding carboxylic acids is 5. The number of piperazine rings is 2. The van der Waals surface area contributed by atoms with Crippen LogP contribution in [0.25, 0.3) is 10.8 Å². The van der Waals surface area contributed by atoms with Crippen molar-refractivity contribution >= 4 is 40.3 Å². The maximum atomic E-state index is 15.5. The third-order valence-corrected chi connectivity index (χ3v) is 16.9. The van der Waals surface area contributed by atoms with E-state index < -0.39 is 35.3 Å². The molecule has 0 radical (unpaired) electrons. The summed E-state index contributed by atoms with van der Waals surface area (Å²) in [6.45, 7) is 7.48. The fraction of sp³-hybridized carbons (Fsp3) is 0.561. The van der Waals surface area contributed by atoms with E-state index in [1.165, 1.54) is 12.1 Å². The summed E-state index contributed by atoms with van der Waals surface area (Å²) in [6.07, 6.45) is 10.0. The van der Waals surface area contributed by atoms with Gasteiger partial charge in [-0.2, -0.15) is 5.10 Å². The highest BCUT2D eigenvalue weighted by Gasteiger charge is 2.38. The summed E-state index contributed by atoms with van der Waals surface area (Å²) < 4.78 is 46.1. The molecule has 4 aliphatic heterocycles. The lowest BCUT2D eigenvalue weighted by Gasteiger charge is -2.41. The van der Waals surface area contributed by atoms with Crippen LogP contribution < -0.4 is 16.2 Å². The smallest absolute Gasteiger partial charge is 0.272 e.